The Balaban J connectivity index is 1.28. The monoisotopic (exact) mass is 1230 g/mol. The second kappa shape index (κ2) is 30.6. The normalized spacial score (nSPS) is 39.4. The smallest absolute Gasteiger partial charge is 0.391 e. The van der Waals surface area contributed by atoms with Crippen molar-refractivity contribution < 1.29 is 168 Å². The molecule has 6 unspecified atom stereocenters. The molecule has 14 N–H and O–H groups in total. The Morgan fingerprint density at radius 2 is 0.867 bits per heavy atom. The van der Waals surface area contributed by atoms with Crippen LogP contribution < -0.4 is 14.2 Å². The van der Waals surface area contributed by atoms with Gasteiger partial charge in [0.15, 0.2) is 31.5 Å². The number of ether oxygens (including phenoxy) is 10. The summed E-state index contributed by atoms with van der Waals surface area (Å²) in [6.45, 7) is -2.59. The molecule has 45 heteroatoms. The van der Waals surface area contributed by atoms with Gasteiger partial charge in [-0.25, -0.2) is 42.5 Å². The number of hydrogen-bond donors (Lipinski definition) is 14. The minimum Gasteiger partial charge on any atom is -0.391 e. The van der Waals surface area contributed by atoms with Gasteiger partial charge in [-0.1, -0.05) is 22.0 Å². The summed E-state index contributed by atoms with van der Waals surface area (Å²) in [5.74, 6) is -0.914. The lowest BCUT2D eigenvalue weighted by Crippen LogP contribution is -2.66. The highest BCUT2D eigenvalue weighted by molar-refractivity contribution is 7.93. The molecule has 5 aliphatic rings. The SMILES string of the molecule is CO[C@@H]1OC(COS(=O)(=O)O)[C@@H](O[C@H]2C[C@H](O)[C@@H](O[C@@H]3OC(COS(=O)(=O)O)[C@@H](O[C@H]4C[C@H](O)[C@@H](O[C@@H]5OC(COS(=O)(=O)O)[C@@H](C)[C@H](O)C5NSOOO)CO4)[C@H](O)C3NSOOO)CO2)[C@H](O)C1NSOOO. The minimum atomic E-state index is -5.23. The number of hydrogen-bond acceptors (Lipinski definition) is 39. The molecule has 0 spiro atoms. The van der Waals surface area contributed by atoms with Gasteiger partial charge in [0.25, 0.3) is 0 Å². The first kappa shape index (κ1) is 65.4. The van der Waals surface area contributed by atoms with Crippen molar-refractivity contribution in [3.05, 3.63) is 0 Å². The number of nitrogens with one attached hydrogen (secondary N) is 3. The van der Waals surface area contributed by atoms with E-state index < -0.39 is 206 Å². The van der Waals surface area contributed by atoms with E-state index in [1.807, 2.05) is 0 Å². The van der Waals surface area contributed by atoms with Gasteiger partial charge in [-0.3, -0.25) is 13.7 Å². The molecule has 442 valence electrons. The third-order valence-electron chi connectivity index (χ3n) is 11.4. The highest BCUT2D eigenvalue weighted by Crippen LogP contribution is 2.35. The van der Waals surface area contributed by atoms with E-state index in [1.54, 1.807) is 0 Å². The van der Waals surface area contributed by atoms with Gasteiger partial charge in [0.05, 0.1) is 75.6 Å². The van der Waals surface area contributed by atoms with Crippen LogP contribution in [0.1, 0.15) is 19.8 Å². The fourth-order valence-corrected chi connectivity index (χ4v) is 10.1. The number of rotatable bonds is 30. The minimum absolute atomic E-state index is 0.137. The third-order valence-corrected chi connectivity index (χ3v) is 14.2. The van der Waals surface area contributed by atoms with Crippen LogP contribution in [0, 0.1) is 5.92 Å². The summed E-state index contributed by atoms with van der Waals surface area (Å²) in [6.07, 6.45) is -27.7. The highest BCUT2D eigenvalue weighted by Gasteiger charge is 2.53. The van der Waals surface area contributed by atoms with E-state index in [4.69, 9.17) is 67.7 Å². The zero-order valence-corrected chi connectivity index (χ0v) is 43.0. The van der Waals surface area contributed by atoms with E-state index in [0.717, 1.165) is 7.11 Å². The van der Waals surface area contributed by atoms with Crippen LogP contribution in [0.15, 0.2) is 0 Å². The van der Waals surface area contributed by atoms with Gasteiger partial charge < -0.3 is 72.9 Å². The molecule has 0 radical (unpaired) electrons. The molecule has 5 heterocycles. The van der Waals surface area contributed by atoms with E-state index in [1.165, 1.54) is 6.92 Å². The van der Waals surface area contributed by atoms with Crippen LogP contribution in [0.2, 0.25) is 0 Å². The fourth-order valence-electron chi connectivity index (χ4n) is 7.87. The van der Waals surface area contributed by atoms with Gasteiger partial charge in [0.1, 0.15) is 85.5 Å². The van der Waals surface area contributed by atoms with Crippen molar-refractivity contribution in [2.75, 3.05) is 40.1 Å². The van der Waals surface area contributed by atoms with Gasteiger partial charge in [0, 0.05) is 25.9 Å². The Hall–Kier alpha value is -0.420. The predicted octanol–water partition coefficient (Wildman–Crippen LogP) is -5.43. The lowest BCUT2D eigenvalue weighted by molar-refractivity contribution is -0.432. The van der Waals surface area contributed by atoms with E-state index in [2.05, 4.69) is 54.8 Å². The van der Waals surface area contributed by atoms with E-state index >= 15 is 0 Å². The van der Waals surface area contributed by atoms with Gasteiger partial charge in [0.2, 0.25) is 0 Å². The molecule has 0 aromatic heterocycles. The fraction of sp³-hybridized carbons (Fsp3) is 1.00. The third kappa shape index (κ3) is 20.2. The van der Waals surface area contributed by atoms with Crippen molar-refractivity contribution in [3.8, 4) is 0 Å². The Morgan fingerprint density at radius 1 is 0.520 bits per heavy atom. The molecule has 75 heavy (non-hydrogen) atoms. The van der Waals surface area contributed by atoms with Gasteiger partial charge in [-0.15, -0.1) is 13.0 Å². The van der Waals surface area contributed by atoms with Crippen molar-refractivity contribution >= 4 is 67.9 Å². The van der Waals surface area contributed by atoms with Crippen molar-refractivity contribution in [1.29, 1.82) is 0 Å². The molecule has 0 amide bonds. The van der Waals surface area contributed by atoms with Crippen LogP contribution in [0.25, 0.3) is 0 Å². The van der Waals surface area contributed by atoms with E-state index in [9.17, 15) is 59.9 Å². The topological polar surface area (TPSA) is 536 Å². The summed E-state index contributed by atoms with van der Waals surface area (Å²) in [5.41, 5.74) is 0. The molecular formula is C30H55N3O36S6. The van der Waals surface area contributed by atoms with Gasteiger partial charge >= 0.3 is 31.2 Å². The first-order valence-corrected chi connectivity index (χ1v) is 27.5. The zero-order chi connectivity index (χ0) is 55.3. The summed E-state index contributed by atoms with van der Waals surface area (Å²) in [5, 5.41) is 93.2. The Bertz CT molecular complexity index is 2030. The Morgan fingerprint density at radius 3 is 1.23 bits per heavy atom. The molecule has 5 saturated heterocycles. The maximum absolute atomic E-state index is 11.8. The van der Waals surface area contributed by atoms with Crippen molar-refractivity contribution in [2.24, 2.45) is 5.92 Å². The summed E-state index contributed by atoms with van der Waals surface area (Å²) >= 11 is 0.656. The van der Waals surface area contributed by atoms with Crippen molar-refractivity contribution in [3.63, 3.8) is 0 Å². The molecule has 0 aliphatic carbocycles. The second-order valence-electron chi connectivity index (χ2n) is 16.1. The average molecular weight is 1230 g/mol. The van der Waals surface area contributed by atoms with Gasteiger partial charge in [-0.2, -0.15) is 25.3 Å². The molecule has 21 atom stereocenters. The molecule has 0 saturated carbocycles. The van der Waals surface area contributed by atoms with Crippen LogP contribution in [-0.4, -0.2) is 243 Å². The van der Waals surface area contributed by atoms with E-state index in [-0.39, 0.29) is 36.7 Å². The lowest BCUT2D eigenvalue weighted by atomic mass is 9.90. The summed E-state index contributed by atoms with van der Waals surface area (Å²) in [4.78, 5) is 0. The second-order valence-corrected chi connectivity index (χ2v) is 21.0. The largest absolute Gasteiger partial charge is 0.397 e. The summed E-state index contributed by atoms with van der Waals surface area (Å²) in [7, 11) is -14.1. The van der Waals surface area contributed by atoms with Crippen LogP contribution in [0.5, 0.6) is 0 Å². The number of methoxy groups -OCH3 is 1. The van der Waals surface area contributed by atoms with Crippen LogP contribution >= 0.6 is 36.7 Å². The molecule has 0 bridgehead atoms. The first-order valence-electron chi connectivity index (χ1n) is 21.1. The van der Waals surface area contributed by atoms with Crippen molar-refractivity contribution in [1.82, 2.24) is 14.2 Å². The average Bonchev–Trinajstić information content (AvgIpc) is 3.33. The van der Waals surface area contributed by atoms with Gasteiger partial charge in [-0.05, 0) is 0 Å². The molecule has 0 aromatic rings. The lowest BCUT2D eigenvalue weighted by Gasteiger charge is -2.48. The number of aliphatic hydroxyl groups excluding tert-OH is 5. The predicted molar refractivity (Wildman–Crippen MR) is 231 cm³/mol. The Kier molecular flexibility index (Phi) is 26.7. The van der Waals surface area contributed by atoms with Crippen LogP contribution in [-0.2, 0) is 119 Å². The molecule has 5 aliphatic heterocycles. The molecule has 0 aromatic carbocycles. The van der Waals surface area contributed by atoms with Crippen LogP contribution in [0.4, 0.5) is 0 Å². The number of aliphatic hydroxyl groups is 5. The summed E-state index contributed by atoms with van der Waals surface area (Å²) < 4.78 is 188. The maximum Gasteiger partial charge on any atom is 0.397 e. The molecular weight excluding hydrogens is 1170 g/mol. The van der Waals surface area contributed by atoms with Crippen LogP contribution in [0.3, 0.4) is 0 Å². The standard InChI is InChI=1S/C30H55N3O36S6/c1-10-13(7-54-73(42,43)44)57-29(20(23(10)36)31-70-67-64-39)58-14-5-52-19(3-11(14)34)63-27-17(9-56-75(48,49)50)61-30(22(25(27)38)33-72-69-66-41)59-15-6-53-18(4-12(15)35)62-26-16(8-55-74(45,46)47)60-28(51-2)21(24(26)37)32-71-68-65-40/h10-41H,3-9H2,1-2H3,(H,42,43,44)(H,45,46,47)(H,48,49,50)/t10-,11+,12+,13?,14+,15+,16?,17?,18+,19+,20?,21?,22?,23+,24-,25-,26-,27-,28-,29+,30-/m1/s1. The Labute approximate surface area is 437 Å². The van der Waals surface area contributed by atoms with Crippen molar-refractivity contribution in [2.45, 2.75) is 143 Å². The summed E-state index contributed by atoms with van der Waals surface area (Å²) in [6, 6.07) is -4.16. The van der Waals surface area contributed by atoms with E-state index in [0.29, 0.717) is 0 Å². The highest BCUT2D eigenvalue weighted by atomic mass is 32.3. The molecule has 5 fully saturated rings. The maximum atomic E-state index is 11.8. The molecule has 5 rings (SSSR count). The zero-order valence-electron chi connectivity index (χ0n) is 38.1. The molecule has 39 nitrogen and oxygen atoms in total. The first-order chi connectivity index (χ1) is 35.4. The quantitative estimate of drug-likeness (QED) is 0.00797.